The van der Waals surface area contributed by atoms with Gasteiger partial charge in [0, 0.05) is 11.9 Å². The molecule has 2 atom stereocenters. The summed E-state index contributed by atoms with van der Waals surface area (Å²) in [4.78, 5) is 53.5. The first-order valence-corrected chi connectivity index (χ1v) is 13.0. The predicted octanol–water partition coefficient (Wildman–Crippen LogP) is 4.07. The molecule has 0 radical (unpaired) electrons. The molecule has 0 aliphatic heterocycles. The van der Waals surface area contributed by atoms with Gasteiger partial charge in [0.2, 0.25) is 5.91 Å². The van der Waals surface area contributed by atoms with Gasteiger partial charge in [0.15, 0.2) is 5.13 Å². The number of thiazole rings is 1. The number of nitrogens with one attached hydrogen (secondary N) is 4. The van der Waals surface area contributed by atoms with Crippen molar-refractivity contribution in [1.82, 2.24) is 20.9 Å². The van der Waals surface area contributed by atoms with Crippen LogP contribution in [0.3, 0.4) is 0 Å². The van der Waals surface area contributed by atoms with Crippen LogP contribution < -0.4 is 21.3 Å². The standard InChI is InChI=1S/C28H27N5O5S/c1-17(25(36)31-22(14-24(34)35)21-13-7-11-19-10-5-6-12-20(19)21)30-26(37)23-16-39-28(32-23)33-27(38)29-15-18-8-3-2-4-9-18/h2-13,16-17,22H,14-15H2,1H3,(H,30,37)(H,31,36)(H,34,35)(H2,29,32,33,38). The number of hydrogen-bond acceptors (Lipinski definition) is 6. The van der Waals surface area contributed by atoms with Crippen molar-refractivity contribution in [2.75, 3.05) is 5.32 Å². The Kier molecular flexibility index (Phi) is 8.85. The van der Waals surface area contributed by atoms with Crippen molar-refractivity contribution in [2.45, 2.75) is 32.0 Å². The zero-order valence-corrected chi connectivity index (χ0v) is 21.8. The molecule has 1 heterocycles. The van der Waals surface area contributed by atoms with Gasteiger partial charge in [-0.25, -0.2) is 9.78 Å². The minimum Gasteiger partial charge on any atom is -0.481 e. The van der Waals surface area contributed by atoms with E-state index < -0.39 is 35.9 Å². The summed E-state index contributed by atoms with van der Waals surface area (Å²) in [5.41, 5.74) is 1.64. The highest BCUT2D eigenvalue weighted by molar-refractivity contribution is 7.14. The lowest BCUT2D eigenvalue weighted by Gasteiger charge is -2.22. The third kappa shape index (κ3) is 7.39. The minimum absolute atomic E-state index is 0.0362. The van der Waals surface area contributed by atoms with Crippen LogP contribution in [0.25, 0.3) is 10.8 Å². The number of fused-ring (bicyclic) bond motifs is 1. The monoisotopic (exact) mass is 545 g/mol. The normalized spacial score (nSPS) is 12.2. The van der Waals surface area contributed by atoms with Crippen molar-refractivity contribution in [3.05, 3.63) is 95.0 Å². The Hall–Kier alpha value is -4.77. The van der Waals surface area contributed by atoms with Crippen LogP contribution in [0.1, 0.15) is 41.0 Å². The summed E-state index contributed by atoms with van der Waals surface area (Å²) < 4.78 is 0. The fourth-order valence-electron chi connectivity index (χ4n) is 3.96. The molecular weight excluding hydrogens is 518 g/mol. The molecule has 0 aliphatic rings. The number of anilines is 1. The van der Waals surface area contributed by atoms with E-state index in [2.05, 4.69) is 26.3 Å². The number of carboxylic acids is 1. The maximum atomic E-state index is 12.9. The fourth-order valence-corrected chi connectivity index (χ4v) is 4.64. The third-order valence-electron chi connectivity index (χ3n) is 5.89. The molecule has 4 aromatic rings. The van der Waals surface area contributed by atoms with Crippen LogP contribution in [0.2, 0.25) is 0 Å². The molecule has 4 amide bonds. The average Bonchev–Trinajstić information content (AvgIpc) is 3.40. The molecule has 0 aliphatic carbocycles. The van der Waals surface area contributed by atoms with Gasteiger partial charge in [-0.1, -0.05) is 72.8 Å². The Morgan fingerprint density at radius 3 is 2.41 bits per heavy atom. The second kappa shape index (κ2) is 12.7. The molecule has 200 valence electrons. The lowest BCUT2D eigenvalue weighted by molar-refractivity contribution is -0.137. The van der Waals surface area contributed by atoms with Crippen LogP contribution >= 0.6 is 11.3 Å². The van der Waals surface area contributed by atoms with E-state index in [1.54, 1.807) is 12.1 Å². The van der Waals surface area contributed by atoms with Gasteiger partial charge in [0.1, 0.15) is 11.7 Å². The second-order valence-corrected chi connectivity index (χ2v) is 9.61. The quantitative estimate of drug-likeness (QED) is 0.203. The summed E-state index contributed by atoms with van der Waals surface area (Å²) in [5, 5.41) is 23.5. The summed E-state index contributed by atoms with van der Waals surface area (Å²) in [6, 6.07) is 20.1. The Morgan fingerprint density at radius 1 is 0.923 bits per heavy atom. The number of aliphatic carboxylic acids is 1. The number of rotatable bonds is 10. The largest absolute Gasteiger partial charge is 0.481 e. The Bertz CT molecular complexity index is 1480. The lowest BCUT2D eigenvalue weighted by atomic mass is 9.96. The number of nitrogens with zero attached hydrogens (tertiary/aromatic N) is 1. The first-order valence-electron chi connectivity index (χ1n) is 12.1. The number of aromatic nitrogens is 1. The van der Waals surface area contributed by atoms with E-state index in [-0.39, 0.29) is 17.2 Å². The van der Waals surface area contributed by atoms with Crippen LogP contribution in [-0.2, 0) is 16.1 Å². The number of carbonyl (C=O) groups excluding carboxylic acids is 3. The minimum atomic E-state index is -1.07. The van der Waals surface area contributed by atoms with Gasteiger partial charge in [-0.05, 0) is 28.8 Å². The zero-order valence-electron chi connectivity index (χ0n) is 21.0. The molecule has 0 saturated carbocycles. The maximum Gasteiger partial charge on any atom is 0.321 e. The van der Waals surface area contributed by atoms with E-state index >= 15 is 0 Å². The van der Waals surface area contributed by atoms with Crippen molar-refractivity contribution in [2.24, 2.45) is 0 Å². The molecule has 5 N–H and O–H groups in total. The van der Waals surface area contributed by atoms with Crippen LogP contribution in [0, 0.1) is 0 Å². The lowest BCUT2D eigenvalue weighted by Crippen LogP contribution is -2.46. The van der Waals surface area contributed by atoms with E-state index in [1.165, 1.54) is 12.3 Å². The van der Waals surface area contributed by atoms with Crippen LogP contribution in [0.5, 0.6) is 0 Å². The number of urea groups is 1. The molecule has 0 spiro atoms. The van der Waals surface area contributed by atoms with E-state index in [4.69, 9.17) is 0 Å². The van der Waals surface area contributed by atoms with Crippen molar-refractivity contribution < 1.29 is 24.3 Å². The van der Waals surface area contributed by atoms with Gasteiger partial charge < -0.3 is 21.1 Å². The highest BCUT2D eigenvalue weighted by Gasteiger charge is 2.24. The molecule has 1 aromatic heterocycles. The SMILES string of the molecule is CC(NC(=O)c1csc(NC(=O)NCc2ccccc2)n1)C(=O)NC(CC(=O)O)c1cccc2ccccc12. The number of carbonyl (C=O) groups is 4. The highest BCUT2D eigenvalue weighted by atomic mass is 32.1. The number of hydrogen-bond donors (Lipinski definition) is 5. The average molecular weight is 546 g/mol. The van der Waals surface area contributed by atoms with Gasteiger partial charge in [0.25, 0.3) is 5.91 Å². The molecule has 2 unspecified atom stereocenters. The number of amides is 4. The van der Waals surface area contributed by atoms with Crippen molar-refractivity contribution in [1.29, 1.82) is 0 Å². The van der Waals surface area contributed by atoms with E-state index in [0.717, 1.165) is 27.7 Å². The molecule has 4 rings (SSSR count). The van der Waals surface area contributed by atoms with Crippen LogP contribution in [0.4, 0.5) is 9.93 Å². The summed E-state index contributed by atoms with van der Waals surface area (Å²) >= 11 is 1.07. The van der Waals surface area contributed by atoms with E-state index in [9.17, 15) is 24.3 Å². The summed E-state index contributed by atoms with van der Waals surface area (Å²) in [6.45, 7) is 1.83. The van der Waals surface area contributed by atoms with Gasteiger partial charge >= 0.3 is 12.0 Å². The molecule has 39 heavy (non-hydrogen) atoms. The first kappa shape index (κ1) is 27.3. The highest BCUT2D eigenvalue weighted by Crippen LogP contribution is 2.26. The Morgan fingerprint density at radius 2 is 1.64 bits per heavy atom. The molecular formula is C28H27N5O5S. The molecule has 11 heteroatoms. The van der Waals surface area contributed by atoms with E-state index in [1.807, 2.05) is 60.7 Å². The first-order chi connectivity index (χ1) is 18.8. The third-order valence-corrected chi connectivity index (χ3v) is 6.65. The topological polar surface area (TPSA) is 150 Å². The zero-order chi connectivity index (χ0) is 27.8. The predicted molar refractivity (Wildman–Crippen MR) is 148 cm³/mol. The van der Waals surface area contributed by atoms with Crippen molar-refractivity contribution in [3.63, 3.8) is 0 Å². The van der Waals surface area contributed by atoms with Gasteiger partial charge in [-0.3, -0.25) is 19.7 Å². The summed E-state index contributed by atoms with van der Waals surface area (Å²) in [7, 11) is 0. The Labute approximate surface area is 228 Å². The van der Waals surface area contributed by atoms with E-state index in [0.29, 0.717) is 12.1 Å². The summed E-state index contributed by atoms with van der Waals surface area (Å²) in [5.74, 6) is -2.22. The molecule has 0 bridgehead atoms. The van der Waals surface area contributed by atoms with Gasteiger partial charge in [0.05, 0.1) is 12.5 Å². The number of carboxylic acid groups (broad SMARTS) is 1. The van der Waals surface area contributed by atoms with Crippen LogP contribution in [-0.4, -0.2) is 39.9 Å². The van der Waals surface area contributed by atoms with Gasteiger partial charge in [-0.15, -0.1) is 11.3 Å². The van der Waals surface area contributed by atoms with Gasteiger partial charge in [-0.2, -0.15) is 0 Å². The fraction of sp³-hybridized carbons (Fsp3) is 0.179. The van der Waals surface area contributed by atoms with Crippen molar-refractivity contribution in [3.8, 4) is 0 Å². The maximum absolute atomic E-state index is 12.9. The molecule has 0 fully saturated rings. The van der Waals surface area contributed by atoms with Crippen molar-refractivity contribution >= 4 is 51.1 Å². The molecule has 0 saturated heterocycles. The summed E-state index contributed by atoms with van der Waals surface area (Å²) in [6.07, 6.45) is -0.326. The second-order valence-electron chi connectivity index (χ2n) is 8.75. The Balaban J connectivity index is 1.35. The smallest absolute Gasteiger partial charge is 0.321 e. The molecule has 3 aromatic carbocycles. The number of benzene rings is 3. The van der Waals surface area contributed by atoms with Crippen LogP contribution in [0.15, 0.2) is 78.2 Å². The molecule has 10 nitrogen and oxygen atoms in total.